The molecule has 2 amide bonds. The number of fused-ring (bicyclic) bond motifs is 1. The Morgan fingerprint density at radius 3 is 2.63 bits per heavy atom. The van der Waals surface area contributed by atoms with Crippen molar-refractivity contribution in [2.75, 3.05) is 51.1 Å². The lowest BCUT2D eigenvalue weighted by atomic mass is 9.85. The second-order valence-electron chi connectivity index (χ2n) is 10.6. The molecular formula is C31H35N3O7. The number of amides is 2. The van der Waals surface area contributed by atoms with E-state index in [9.17, 15) is 9.59 Å². The van der Waals surface area contributed by atoms with Crippen LogP contribution in [0.4, 0.5) is 5.69 Å². The van der Waals surface area contributed by atoms with Crippen LogP contribution in [0.3, 0.4) is 0 Å². The van der Waals surface area contributed by atoms with Gasteiger partial charge in [0, 0.05) is 42.1 Å². The number of carbonyl (C=O) groups excluding carboxylic acids is 2. The predicted molar refractivity (Wildman–Crippen MR) is 151 cm³/mol. The van der Waals surface area contributed by atoms with Gasteiger partial charge in [-0.2, -0.15) is 0 Å². The molecule has 0 unspecified atom stereocenters. The number of benzene rings is 2. The van der Waals surface area contributed by atoms with Gasteiger partial charge >= 0.3 is 0 Å². The molecule has 216 valence electrons. The number of allylic oxidation sites excluding steroid dienone is 1. The van der Waals surface area contributed by atoms with Crippen LogP contribution in [0, 0.1) is 0 Å². The maximum atomic E-state index is 13.8. The smallest absolute Gasteiger partial charge is 0.288 e. The quantitative estimate of drug-likeness (QED) is 0.383. The largest absolute Gasteiger partial charge is 0.464 e. The van der Waals surface area contributed by atoms with Gasteiger partial charge in [-0.15, -0.1) is 0 Å². The van der Waals surface area contributed by atoms with Gasteiger partial charge in [0.25, 0.3) is 5.91 Å². The molecule has 1 spiro atoms. The molecule has 3 aliphatic rings. The maximum Gasteiger partial charge on any atom is 0.288 e. The SMILES string of the molecule is O=C(C1=C[C@H](c2coc3ccccc23)C[C@H](OCCOCCO)O1)N1CCC2(CC1)C(=O)NCN2c1ccccc1. The summed E-state index contributed by atoms with van der Waals surface area (Å²) < 4.78 is 23.2. The van der Waals surface area contributed by atoms with E-state index < -0.39 is 11.8 Å². The van der Waals surface area contributed by atoms with Crippen molar-refractivity contribution in [3.05, 3.63) is 78.3 Å². The van der Waals surface area contributed by atoms with Crippen molar-refractivity contribution in [2.24, 2.45) is 0 Å². The van der Waals surface area contributed by atoms with Crippen LogP contribution in [-0.4, -0.2) is 79.8 Å². The van der Waals surface area contributed by atoms with Crippen molar-refractivity contribution in [1.82, 2.24) is 10.2 Å². The van der Waals surface area contributed by atoms with Gasteiger partial charge in [-0.05, 0) is 37.1 Å². The second-order valence-corrected chi connectivity index (χ2v) is 10.6. The first-order valence-corrected chi connectivity index (χ1v) is 14.1. The summed E-state index contributed by atoms with van der Waals surface area (Å²) in [5, 5.41) is 12.9. The first-order chi connectivity index (χ1) is 20.1. The summed E-state index contributed by atoms with van der Waals surface area (Å²) in [6.45, 7) is 2.05. The molecule has 1 aromatic heterocycles. The molecule has 41 heavy (non-hydrogen) atoms. The summed E-state index contributed by atoms with van der Waals surface area (Å²) in [6, 6.07) is 17.7. The zero-order valence-electron chi connectivity index (χ0n) is 22.9. The summed E-state index contributed by atoms with van der Waals surface area (Å²) in [5.74, 6) is -0.128. The first kappa shape index (κ1) is 27.3. The zero-order chi connectivity index (χ0) is 28.2. The molecule has 3 aliphatic heterocycles. The number of aliphatic hydroxyl groups excluding tert-OH is 1. The Bertz CT molecular complexity index is 1400. The molecule has 0 bridgehead atoms. The lowest BCUT2D eigenvalue weighted by molar-refractivity contribution is -0.157. The summed E-state index contributed by atoms with van der Waals surface area (Å²) in [4.78, 5) is 30.8. The fourth-order valence-electron chi connectivity index (χ4n) is 6.09. The monoisotopic (exact) mass is 561 g/mol. The van der Waals surface area contributed by atoms with Crippen LogP contribution in [0.5, 0.6) is 0 Å². The number of carbonyl (C=O) groups is 2. The Labute approximate surface area is 238 Å². The third-order valence-corrected chi connectivity index (χ3v) is 8.23. The van der Waals surface area contributed by atoms with Gasteiger partial charge in [0.15, 0.2) is 5.76 Å². The van der Waals surface area contributed by atoms with Crippen molar-refractivity contribution in [2.45, 2.75) is 37.0 Å². The highest BCUT2D eigenvalue weighted by Crippen LogP contribution is 2.39. The molecule has 0 radical (unpaired) electrons. The summed E-state index contributed by atoms with van der Waals surface area (Å²) >= 11 is 0. The molecule has 2 aromatic carbocycles. The highest BCUT2D eigenvalue weighted by molar-refractivity contribution is 5.95. The molecule has 4 heterocycles. The number of aliphatic hydroxyl groups is 1. The minimum absolute atomic E-state index is 0.00497. The molecule has 0 saturated carbocycles. The Kier molecular flexibility index (Phi) is 7.95. The number of piperidine rings is 1. The van der Waals surface area contributed by atoms with Crippen LogP contribution in [0.25, 0.3) is 11.0 Å². The van der Waals surface area contributed by atoms with Crippen molar-refractivity contribution in [3.63, 3.8) is 0 Å². The fraction of sp³-hybridized carbons (Fsp3) is 0.419. The number of likely N-dealkylation sites (tertiary alicyclic amines) is 1. The molecule has 2 saturated heterocycles. The number of furan rings is 1. The van der Waals surface area contributed by atoms with Crippen LogP contribution >= 0.6 is 0 Å². The lowest BCUT2D eigenvalue weighted by Crippen LogP contribution is -2.57. The summed E-state index contributed by atoms with van der Waals surface area (Å²) in [6.07, 6.45) is 4.50. The van der Waals surface area contributed by atoms with Crippen molar-refractivity contribution < 1.29 is 33.3 Å². The molecule has 2 fully saturated rings. The zero-order valence-corrected chi connectivity index (χ0v) is 22.9. The van der Waals surface area contributed by atoms with Gasteiger partial charge in [-0.1, -0.05) is 36.4 Å². The van der Waals surface area contributed by atoms with Gasteiger partial charge in [0.2, 0.25) is 12.2 Å². The molecule has 0 aliphatic carbocycles. The first-order valence-electron chi connectivity index (χ1n) is 14.1. The minimum atomic E-state index is -0.682. The number of nitrogens with zero attached hydrogens (tertiary/aromatic N) is 2. The summed E-state index contributed by atoms with van der Waals surface area (Å²) in [5.41, 5.74) is 2.06. The Balaban J connectivity index is 1.19. The standard InChI is InChI=1S/C31H35N3O7/c35-14-15-38-16-17-39-28-19-22(25-20-40-26-9-5-4-8-24(25)26)18-27(41-28)29(36)33-12-10-31(11-13-33)30(37)32-21-34(31)23-6-2-1-3-7-23/h1-9,18,20,22,28,35H,10-17,19,21H2,(H,32,37)/t22-,28+/m0/s1. The van der Waals surface area contributed by atoms with E-state index in [2.05, 4.69) is 10.2 Å². The average molecular weight is 562 g/mol. The highest BCUT2D eigenvalue weighted by atomic mass is 16.7. The van der Waals surface area contributed by atoms with Crippen LogP contribution in [0.1, 0.15) is 30.7 Å². The number of para-hydroxylation sites is 2. The van der Waals surface area contributed by atoms with Gasteiger partial charge in [-0.3, -0.25) is 9.59 Å². The van der Waals surface area contributed by atoms with Crippen LogP contribution in [-0.2, 0) is 23.8 Å². The number of ether oxygens (including phenoxy) is 3. The predicted octanol–water partition coefficient (Wildman–Crippen LogP) is 3.13. The number of hydrogen-bond donors (Lipinski definition) is 2. The molecule has 10 nitrogen and oxygen atoms in total. The Morgan fingerprint density at radius 1 is 1.05 bits per heavy atom. The summed E-state index contributed by atoms with van der Waals surface area (Å²) in [7, 11) is 0. The van der Waals surface area contributed by atoms with E-state index >= 15 is 0 Å². The molecule has 2 atom stereocenters. The topological polar surface area (TPSA) is 114 Å². The van der Waals surface area contributed by atoms with E-state index in [-0.39, 0.29) is 43.3 Å². The number of anilines is 1. The normalized spacial score (nSPS) is 22.1. The second kappa shape index (κ2) is 11.9. The third kappa shape index (κ3) is 5.42. The van der Waals surface area contributed by atoms with E-state index in [0.29, 0.717) is 45.6 Å². The van der Waals surface area contributed by atoms with Crippen LogP contribution in [0.15, 0.2) is 77.1 Å². The third-order valence-electron chi connectivity index (χ3n) is 8.23. The van der Waals surface area contributed by atoms with Gasteiger partial charge in [-0.25, -0.2) is 0 Å². The fourth-order valence-corrected chi connectivity index (χ4v) is 6.09. The van der Waals surface area contributed by atoms with E-state index in [1.807, 2.05) is 60.7 Å². The van der Waals surface area contributed by atoms with Gasteiger partial charge < -0.3 is 38.9 Å². The number of nitrogens with one attached hydrogen (secondary N) is 1. The molecular weight excluding hydrogens is 526 g/mol. The lowest BCUT2D eigenvalue weighted by Gasteiger charge is -2.43. The van der Waals surface area contributed by atoms with Crippen molar-refractivity contribution in [3.8, 4) is 0 Å². The minimum Gasteiger partial charge on any atom is -0.464 e. The number of hydrogen-bond acceptors (Lipinski definition) is 8. The van der Waals surface area contributed by atoms with Crippen molar-refractivity contribution >= 4 is 28.5 Å². The average Bonchev–Trinajstić information content (AvgIpc) is 3.58. The molecule has 6 rings (SSSR count). The van der Waals surface area contributed by atoms with Crippen molar-refractivity contribution in [1.29, 1.82) is 0 Å². The van der Waals surface area contributed by atoms with E-state index in [1.165, 1.54) is 0 Å². The van der Waals surface area contributed by atoms with Crippen LogP contribution < -0.4 is 10.2 Å². The van der Waals surface area contributed by atoms with Gasteiger partial charge in [0.1, 0.15) is 11.1 Å². The van der Waals surface area contributed by atoms with Crippen LogP contribution in [0.2, 0.25) is 0 Å². The van der Waals surface area contributed by atoms with E-state index in [1.54, 1.807) is 11.2 Å². The van der Waals surface area contributed by atoms with Gasteiger partial charge in [0.05, 0.1) is 39.4 Å². The maximum absolute atomic E-state index is 13.8. The highest BCUT2D eigenvalue weighted by Gasteiger charge is 2.51. The Morgan fingerprint density at radius 2 is 1.83 bits per heavy atom. The molecule has 2 N–H and O–H groups in total. The van der Waals surface area contributed by atoms with E-state index in [4.69, 9.17) is 23.7 Å². The Hall–Kier alpha value is -3.86. The van der Waals surface area contributed by atoms with E-state index in [0.717, 1.165) is 22.2 Å². The molecule has 3 aromatic rings. The molecule has 10 heteroatoms. The number of rotatable bonds is 9.